The van der Waals surface area contributed by atoms with Crippen LogP contribution in [0.25, 0.3) is 0 Å². The van der Waals surface area contributed by atoms with Crippen LogP contribution in [0.5, 0.6) is 0 Å². The number of hydrogen-bond acceptors (Lipinski definition) is 3. The Morgan fingerprint density at radius 2 is 2.08 bits per heavy atom. The SMILES string of the molecule is CCC(CCO)NC(=O)C(N)CC. The summed E-state index contributed by atoms with van der Waals surface area (Å²) in [6.45, 7) is 3.94. The smallest absolute Gasteiger partial charge is 0.237 e. The van der Waals surface area contributed by atoms with Crippen LogP contribution in [0.4, 0.5) is 0 Å². The fraction of sp³-hybridized carbons (Fsp3) is 0.889. The Morgan fingerprint density at radius 1 is 1.46 bits per heavy atom. The molecule has 0 heterocycles. The van der Waals surface area contributed by atoms with E-state index in [1.165, 1.54) is 0 Å². The molecule has 0 spiro atoms. The highest BCUT2D eigenvalue weighted by atomic mass is 16.3. The number of aliphatic hydroxyl groups excluding tert-OH is 1. The van der Waals surface area contributed by atoms with Gasteiger partial charge in [0.2, 0.25) is 5.91 Å². The van der Waals surface area contributed by atoms with E-state index in [9.17, 15) is 4.79 Å². The fourth-order valence-electron chi connectivity index (χ4n) is 1.03. The number of amides is 1. The first kappa shape index (κ1) is 12.4. The van der Waals surface area contributed by atoms with Crippen LogP contribution < -0.4 is 11.1 Å². The Labute approximate surface area is 79.5 Å². The number of nitrogens with two attached hydrogens (primary N) is 1. The summed E-state index contributed by atoms with van der Waals surface area (Å²) in [7, 11) is 0. The van der Waals surface area contributed by atoms with Gasteiger partial charge in [0.25, 0.3) is 0 Å². The Kier molecular flexibility index (Phi) is 6.54. The van der Waals surface area contributed by atoms with E-state index in [-0.39, 0.29) is 18.6 Å². The Balaban J connectivity index is 3.85. The topological polar surface area (TPSA) is 75.3 Å². The predicted octanol–water partition coefficient (Wildman–Crippen LogP) is 0.000900. The molecule has 0 aromatic heterocycles. The van der Waals surface area contributed by atoms with Crippen LogP contribution in [0.3, 0.4) is 0 Å². The first-order valence-corrected chi connectivity index (χ1v) is 4.82. The second kappa shape index (κ2) is 6.86. The summed E-state index contributed by atoms with van der Waals surface area (Å²) in [5, 5.41) is 11.5. The molecule has 0 saturated heterocycles. The van der Waals surface area contributed by atoms with E-state index in [1.54, 1.807) is 0 Å². The molecule has 0 radical (unpaired) electrons. The minimum absolute atomic E-state index is 0.0510. The lowest BCUT2D eigenvalue weighted by Gasteiger charge is -2.18. The molecular formula is C9H20N2O2. The molecule has 0 aliphatic heterocycles. The fourth-order valence-corrected chi connectivity index (χ4v) is 1.03. The molecule has 13 heavy (non-hydrogen) atoms. The number of aliphatic hydroxyl groups is 1. The molecule has 0 saturated carbocycles. The molecule has 2 unspecified atom stereocenters. The maximum atomic E-state index is 11.3. The molecule has 2 atom stereocenters. The van der Waals surface area contributed by atoms with Crippen LogP contribution in [-0.4, -0.2) is 29.7 Å². The van der Waals surface area contributed by atoms with Gasteiger partial charge in [0.15, 0.2) is 0 Å². The normalized spacial score (nSPS) is 15.1. The van der Waals surface area contributed by atoms with E-state index in [0.717, 1.165) is 6.42 Å². The number of nitrogens with one attached hydrogen (secondary N) is 1. The summed E-state index contributed by atoms with van der Waals surface area (Å²) < 4.78 is 0. The molecule has 4 nitrogen and oxygen atoms in total. The summed E-state index contributed by atoms with van der Waals surface area (Å²) >= 11 is 0. The number of rotatable bonds is 6. The minimum Gasteiger partial charge on any atom is -0.396 e. The van der Waals surface area contributed by atoms with Crippen molar-refractivity contribution in [2.45, 2.75) is 45.2 Å². The predicted molar refractivity (Wildman–Crippen MR) is 52.2 cm³/mol. The van der Waals surface area contributed by atoms with Gasteiger partial charge in [-0.05, 0) is 19.3 Å². The summed E-state index contributed by atoms with van der Waals surface area (Å²) in [5.74, 6) is -0.122. The molecule has 4 heteroatoms. The average Bonchev–Trinajstić information content (AvgIpc) is 2.15. The van der Waals surface area contributed by atoms with Gasteiger partial charge in [-0.25, -0.2) is 0 Å². The molecule has 0 aromatic carbocycles. The van der Waals surface area contributed by atoms with Gasteiger partial charge in [-0.2, -0.15) is 0 Å². The zero-order valence-corrected chi connectivity index (χ0v) is 8.42. The third-order valence-electron chi connectivity index (χ3n) is 2.09. The highest BCUT2D eigenvalue weighted by molar-refractivity contribution is 5.81. The van der Waals surface area contributed by atoms with Gasteiger partial charge in [-0.1, -0.05) is 13.8 Å². The zero-order valence-electron chi connectivity index (χ0n) is 8.42. The number of hydrogen-bond donors (Lipinski definition) is 3. The van der Waals surface area contributed by atoms with E-state index in [1.807, 2.05) is 13.8 Å². The largest absolute Gasteiger partial charge is 0.396 e. The Hall–Kier alpha value is -0.610. The number of carbonyl (C=O) groups is 1. The van der Waals surface area contributed by atoms with Gasteiger partial charge in [0.05, 0.1) is 6.04 Å². The van der Waals surface area contributed by atoms with Crippen LogP contribution in [-0.2, 0) is 4.79 Å². The number of carbonyl (C=O) groups excluding carboxylic acids is 1. The van der Waals surface area contributed by atoms with Crippen molar-refractivity contribution in [2.75, 3.05) is 6.61 Å². The lowest BCUT2D eigenvalue weighted by atomic mass is 10.1. The summed E-state index contributed by atoms with van der Waals surface area (Å²) in [6.07, 6.45) is 2.06. The van der Waals surface area contributed by atoms with Crippen LogP contribution in [0.1, 0.15) is 33.1 Å². The van der Waals surface area contributed by atoms with E-state index >= 15 is 0 Å². The van der Waals surface area contributed by atoms with Gasteiger partial charge in [-0.15, -0.1) is 0 Å². The van der Waals surface area contributed by atoms with Gasteiger partial charge < -0.3 is 16.2 Å². The molecular weight excluding hydrogens is 168 g/mol. The molecule has 4 N–H and O–H groups in total. The van der Waals surface area contributed by atoms with Gasteiger partial charge in [-0.3, -0.25) is 4.79 Å². The van der Waals surface area contributed by atoms with Crippen molar-refractivity contribution in [3.8, 4) is 0 Å². The zero-order chi connectivity index (χ0) is 10.3. The van der Waals surface area contributed by atoms with Crippen molar-refractivity contribution in [3.05, 3.63) is 0 Å². The molecule has 0 aromatic rings. The van der Waals surface area contributed by atoms with Crippen molar-refractivity contribution in [1.82, 2.24) is 5.32 Å². The summed E-state index contributed by atoms with van der Waals surface area (Å²) in [5.41, 5.74) is 5.54. The molecule has 0 aliphatic rings. The van der Waals surface area contributed by atoms with Crippen LogP contribution >= 0.6 is 0 Å². The highest BCUT2D eigenvalue weighted by Crippen LogP contribution is 1.97. The summed E-state index contributed by atoms with van der Waals surface area (Å²) in [6, 6.07) is -0.372. The molecule has 0 aliphatic carbocycles. The van der Waals surface area contributed by atoms with Crippen LogP contribution in [0, 0.1) is 0 Å². The Bertz CT molecular complexity index is 151. The van der Waals surface area contributed by atoms with Crippen molar-refractivity contribution in [2.24, 2.45) is 5.73 Å². The van der Waals surface area contributed by atoms with E-state index in [0.29, 0.717) is 12.8 Å². The lowest BCUT2D eigenvalue weighted by Crippen LogP contribution is -2.45. The second-order valence-corrected chi connectivity index (χ2v) is 3.14. The van der Waals surface area contributed by atoms with Crippen molar-refractivity contribution in [1.29, 1.82) is 0 Å². The minimum atomic E-state index is -0.423. The monoisotopic (exact) mass is 188 g/mol. The Morgan fingerprint density at radius 3 is 2.46 bits per heavy atom. The quantitative estimate of drug-likeness (QED) is 0.549. The maximum Gasteiger partial charge on any atom is 0.237 e. The van der Waals surface area contributed by atoms with Crippen molar-refractivity contribution in [3.63, 3.8) is 0 Å². The standard InChI is InChI=1S/C9H20N2O2/c1-3-7(5-6-12)11-9(13)8(10)4-2/h7-8,12H,3-6,10H2,1-2H3,(H,11,13). The highest BCUT2D eigenvalue weighted by Gasteiger charge is 2.14. The molecule has 78 valence electrons. The van der Waals surface area contributed by atoms with Crippen LogP contribution in [0.2, 0.25) is 0 Å². The average molecular weight is 188 g/mol. The second-order valence-electron chi connectivity index (χ2n) is 3.14. The molecule has 1 amide bonds. The third-order valence-corrected chi connectivity index (χ3v) is 2.09. The van der Waals surface area contributed by atoms with Crippen molar-refractivity contribution < 1.29 is 9.90 Å². The maximum absolute atomic E-state index is 11.3. The molecule has 0 fully saturated rings. The summed E-state index contributed by atoms with van der Waals surface area (Å²) in [4.78, 5) is 11.3. The van der Waals surface area contributed by atoms with E-state index in [2.05, 4.69) is 5.32 Å². The lowest BCUT2D eigenvalue weighted by molar-refractivity contribution is -0.123. The first-order chi connectivity index (χ1) is 6.15. The van der Waals surface area contributed by atoms with Gasteiger partial charge in [0.1, 0.15) is 0 Å². The first-order valence-electron chi connectivity index (χ1n) is 4.82. The van der Waals surface area contributed by atoms with Crippen molar-refractivity contribution >= 4 is 5.91 Å². The van der Waals surface area contributed by atoms with Crippen LogP contribution in [0.15, 0.2) is 0 Å². The third kappa shape index (κ3) is 4.85. The van der Waals surface area contributed by atoms with E-state index in [4.69, 9.17) is 10.8 Å². The molecule has 0 bridgehead atoms. The van der Waals surface area contributed by atoms with Gasteiger partial charge >= 0.3 is 0 Å². The van der Waals surface area contributed by atoms with E-state index < -0.39 is 6.04 Å². The molecule has 0 rings (SSSR count). The van der Waals surface area contributed by atoms with Gasteiger partial charge in [0, 0.05) is 12.6 Å².